The number of halogens is 6. The molecule has 158 valence electrons. The van der Waals surface area contributed by atoms with Gasteiger partial charge < -0.3 is 4.74 Å². The number of hydrogen-bond acceptors (Lipinski definition) is 1. The first-order chi connectivity index (χ1) is 13.3. The first-order valence-corrected chi connectivity index (χ1v) is 8.89. The number of hydrogen-bond donors (Lipinski definition) is 0. The molecule has 0 radical (unpaired) electrons. The molecule has 0 fully saturated rings. The fourth-order valence-electron chi connectivity index (χ4n) is 3.15. The van der Waals surface area contributed by atoms with Crippen LogP contribution >= 0.6 is 0 Å². The highest BCUT2D eigenvalue weighted by molar-refractivity contribution is 5.34. The summed E-state index contributed by atoms with van der Waals surface area (Å²) in [7, 11) is 0. The molecule has 0 bridgehead atoms. The molecule has 1 nitrogen and oxygen atoms in total. The van der Waals surface area contributed by atoms with E-state index in [0.717, 1.165) is 11.1 Å². The molecule has 0 aliphatic heterocycles. The van der Waals surface area contributed by atoms with Crippen molar-refractivity contribution in [1.29, 1.82) is 0 Å². The lowest BCUT2D eigenvalue weighted by molar-refractivity contribution is -0.143. The van der Waals surface area contributed by atoms with Gasteiger partial charge in [0.25, 0.3) is 0 Å². The smallest absolute Gasteiger partial charge is 0.376 e. The number of allylic oxidation sites excluding steroid dienone is 1. The van der Waals surface area contributed by atoms with Gasteiger partial charge in [-0.1, -0.05) is 42.0 Å². The Balaban J connectivity index is 2.27. The van der Waals surface area contributed by atoms with Crippen molar-refractivity contribution in [3.8, 4) is 0 Å². The summed E-state index contributed by atoms with van der Waals surface area (Å²) in [6.45, 7) is 5.45. The Hall–Kier alpha value is -2.28. The summed E-state index contributed by atoms with van der Waals surface area (Å²) < 4.78 is 83.6. The van der Waals surface area contributed by atoms with Gasteiger partial charge in [0.05, 0.1) is 24.3 Å². The van der Waals surface area contributed by atoms with Gasteiger partial charge in [-0.15, -0.1) is 0 Å². The van der Waals surface area contributed by atoms with Gasteiger partial charge in [-0.25, -0.2) is 0 Å². The second-order valence-electron chi connectivity index (χ2n) is 7.41. The quantitative estimate of drug-likeness (QED) is 0.358. The zero-order valence-corrected chi connectivity index (χ0v) is 16.3. The maximum atomic E-state index is 13.0. The van der Waals surface area contributed by atoms with Crippen LogP contribution < -0.4 is 0 Å². The molecular formula is C22H22F6O. The zero-order chi connectivity index (χ0) is 21.9. The maximum Gasteiger partial charge on any atom is 0.416 e. The fraction of sp³-hybridized carbons (Fsp3) is 0.364. The van der Waals surface area contributed by atoms with Crippen LogP contribution in [0.2, 0.25) is 0 Å². The molecule has 2 rings (SSSR count). The van der Waals surface area contributed by atoms with E-state index in [1.54, 1.807) is 0 Å². The lowest BCUT2D eigenvalue weighted by atomic mass is 9.82. The molecular weight excluding hydrogens is 394 g/mol. The average molecular weight is 416 g/mol. The Morgan fingerprint density at radius 3 is 1.79 bits per heavy atom. The van der Waals surface area contributed by atoms with Crippen molar-refractivity contribution in [2.24, 2.45) is 0 Å². The molecule has 0 unspecified atom stereocenters. The summed E-state index contributed by atoms with van der Waals surface area (Å²) in [6, 6.07) is 10.9. The highest BCUT2D eigenvalue weighted by Gasteiger charge is 2.37. The van der Waals surface area contributed by atoms with Crippen molar-refractivity contribution in [1.82, 2.24) is 0 Å². The predicted molar refractivity (Wildman–Crippen MR) is 99.3 cm³/mol. The first kappa shape index (κ1) is 23.0. The third kappa shape index (κ3) is 6.35. The van der Waals surface area contributed by atoms with E-state index in [2.05, 4.69) is 0 Å². The molecule has 2 aromatic carbocycles. The van der Waals surface area contributed by atoms with E-state index in [0.29, 0.717) is 12.1 Å². The standard InChI is InChI=1S/C22H22F6O/c1-15(2)12-20(3,17-7-5-4-6-8-17)14-29-13-16-9-18(21(23,24)25)11-19(10-16)22(26,27)28/h4-12H,13-14H2,1-3H3/t20-/m0/s1. The molecule has 0 aromatic heterocycles. The summed E-state index contributed by atoms with van der Waals surface area (Å²) in [5.74, 6) is 0. The van der Waals surface area contributed by atoms with Gasteiger partial charge >= 0.3 is 12.4 Å². The average Bonchev–Trinajstić information content (AvgIpc) is 2.60. The Kier molecular flexibility index (Phi) is 6.83. The molecule has 0 spiro atoms. The number of benzene rings is 2. The molecule has 0 heterocycles. The first-order valence-electron chi connectivity index (χ1n) is 8.89. The molecule has 0 aliphatic rings. The van der Waals surface area contributed by atoms with Crippen LogP contribution in [0.15, 0.2) is 60.2 Å². The summed E-state index contributed by atoms with van der Waals surface area (Å²) in [5.41, 5.74) is -1.50. The topological polar surface area (TPSA) is 9.23 Å². The van der Waals surface area contributed by atoms with Gasteiger partial charge in [-0.05, 0) is 50.1 Å². The lowest BCUT2D eigenvalue weighted by Crippen LogP contribution is -2.26. The number of rotatable bonds is 6. The van der Waals surface area contributed by atoms with E-state index in [9.17, 15) is 26.3 Å². The molecule has 0 saturated heterocycles. The summed E-state index contributed by atoms with van der Waals surface area (Å²) in [6.07, 6.45) is -7.79. The molecule has 0 aliphatic carbocycles. The summed E-state index contributed by atoms with van der Waals surface area (Å²) in [4.78, 5) is 0. The van der Waals surface area contributed by atoms with E-state index in [4.69, 9.17) is 4.74 Å². The van der Waals surface area contributed by atoms with Crippen molar-refractivity contribution in [2.45, 2.75) is 45.1 Å². The van der Waals surface area contributed by atoms with Crippen LogP contribution in [0, 0.1) is 0 Å². The van der Waals surface area contributed by atoms with Crippen molar-refractivity contribution in [3.05, 3.63) is 82.4 Å². The number of ether oxygens (including phenoxy) is 1. The second kappa shape index (κ2) is 8.61. The van der Waals surface area contributed by atoms with Crippen LogP contribution in [-0.4, -0.2) is 6.61 Å². The normalized spacial score (nSPS) is 14.4. The van der Waals surface area contributed by atoms with Gasteiger partial charge in [-0.2, -0.15) is 26.3 Å². The van der Waals surface area contributed by atoms with Crippen LogP contribution in [0.5, 0.6) is 0 Å². The maximum absolute atomic E-state index is 13.0. The Labute approximate surface area is 166 Å². The Morgan fingerprint density at radius 1 is 0.828 bits per heavy atom. The van der Waals surface area contributed by atoms with Gasteiger partial charge in [-0.3, -0.25) is 0 Å². The van der Waals surface area contributed by atoms with Crippen molar-refractivity contribution >= 4 is 0 Å². The molecule has 7 heteroatoms. The summed E-state index contributed by atoms with van der Waals surface area (Å²) in [5, 5.41) is 0. The minimum atomic E-state index is -4.88. The van der Waals surface area contributed by atoms with E-state index in [1.165, 1.54) is 0 Å². The van der Waals surface area contributed by atoms with Crippen LogP contribution in [-0.2, 0) is 29.1 Å². The van der Waals surface area contributed by atoms with Crippen LogP contribution in [0.3, 0.4) is 0 Å². The highest BCUT2D eigenvalue weighted by Crippen LogP contribution is 2.36. The minimum Gasteiger partial charge on any atom is -0.376 e. The SMILES string of the molecule is CC(C)=C[C@@](C)(COCc1cc(C(F)(F)F)cc(C(F)(F)F)c1)c1ccccc1. The second-order valence-corrected chi connectivity index (χ2v) is 7.41. The largest absolute Gasteiger partial charge is 0.416 e. The van der Waals surface area contributed by atoms with E-state index in [1.807, 2.05) is 57.2 Å². The molecule has 1 atom stereocenters. The van der Waals surface area contributed by atoms with Crippen LogP contribution in [0.25, 0.3) is 0 Å². The number of alkyl halides is 6. The molecule has 2 aromatic rings. The van der Waals surface area contributed by atoms with E-state index in [-0.39, 0.29) is 24.8 Å². The predicted octanol–water partition coefficient (Wildman–Crippen LogP) is 7.16. The van der Waals surface area contributed by atoms with Crippen LogP contribution in [0.4, 0.5) is 26.3 Å². The Morgan fingerprint density at radius 2 is 1.34 bits per heavy atom. The monoisotopic (exact) mass is 416 g/mol. The molecule has 0 amide bonds. The highest BCUT2D eigenvalue weighted by atomic mass is 19.4. The van der Waals surface area contributed by atoms with Crippen molar-refractivity contribution in [2.75, 3.05) is 6.61 Å². The summed E-state index contributed by atoms with van der Waals surface area (Å²) >= 11 is 0. The van der Waals surface area contributed by atoms with Gasteiger partial charge in [0.2, 0.25) is 0 Å². The molecule has 29 heavy (non-hydrogen) atoms. The molecule has 0 N–H and O–H groups in total. The van der Waals surface area contributed by atoms with E-state index < -0.39 is 28.9 Å². The Bertz CT molecular complexity index is 816. The van der Waals surface area contributed by atoms with Gasteiger partial charge in [0.15, 0.2) is 0 Å². The third-order valence-corrected chi connectivity index (χ3v) is 4.36. The van der Waals surface area contributed by atoms with Crippen LogP contribution in [0.1, 0.15) is 43.0 Å². The fourth-order valence-corrected chi connectivity index (χ4v) is 3.15. The minimum absolute atomic E-state index is 0.0970. The van der Waals surface area contributed by atoms with Crippen molar-refractivity contribution < 1.29 is 31.1 Å². The lowest BCUT2D eigenvalue weighted by Gasteiger charge is -2.27. The van der Waals surface area contributed by atoms with E-state index >= 15 is 0 Å². The van der Waals surface area contributed by atoms with Gasteiger partial charge in [0, 0.05) is 5.41 Å². The van der Waals surface area contributed by atoms with Gasteiger partial charge in [0.1, 0.15) is 0 Å². The third-order valence-electron chi connectivity index (χ3n) is 4.36. The molecule has 0 saturated carbocycles. The van der Waals surface area contributed by atoms with Crippen molar-refractivity contribution in [3.63, 3.8) is 0 Å². The zero-order valence-electron chi connectivity index (χ0n) is 16.3.